The molecule has 0 saturated carbocycles. The molecule has 0 atom stereocenters. The lowest BCUT2D eigenvalue weighted by Crippen LogP contribution is -3.15. The number of benzene rings is 2. The third kappa shape index (κ3) is 3.84. The Balaban J connectivity index is 1.28. The Labute approximate surface area is 178 Å². The minimum atomic E-state index is -0.350. The molecule has 0 bridgehead atoms. The van der Waals surface area contributed by atoms with Crippen LogP contribution < -0.4 is 15.4 Å². The maximum atomic E-state index is 13.5. The molecule has 0 unspecified atom stereocenters. The molecule has 7 heteroatoms. The molecule has 5 rings (SSSR count). The minimum absolute atomic E-state index is 0.196. The zero-order chi connectivity index (χ0) is 21.4. The van der Waals surface area contributed by atoms with Gasteiger partial charge in [0.05, 0.1) is 38.2 Å². The quantitative estimate of drug-likeness (QED) is 0.472. The fraction of sp³-hybridized carbons (Fsp3) is 0.250. The highest BCUT2D eigenvalue weighted by atomic mass is 19.1. The molecular weight excluding hydrogens is 395 g/mol. The summed E-state index contributed by atoms with van der Waals surface area (Å²) in [4.78, 5) is 23.0. The molecule has 0 aliphatic carbocycles. The van der Waals surface area contributed by atoms with E-state index in [1.807, 2.05) is 18.2 Å². The van der Waals surface area contributed by atoms with Crippen molar-refractivity contribution < 1.29 is 14.4 Å². The van der Waals surface area contributed by atoms with E-state index >= 15 is 0 Å². The van der Waals surface area contributed by atoms with Gasteiger partial charge in [0, 0.05) is 34.8 Å². The summed E-state index contributed by atoms with van der Waals surface area (Å²) in [6, 6.07) is 13.6. The van der Waals surface area contributed by atoms with Crippen molar-refractivity contribution in [2.24, 2.45) is 0 Å². The van der Waals surface area contributed by atoms with Gasteiger partial charge in [0.15, 0.2) is 0 Å². The fourth-order valence-electron chi connectivity index (χ4n) is 4.53. The summed E-state index contributed by atoms with van der Waals surface area (Å²) >= 11 is 0. The second-order valence-corrected chi connectivity index (χ2v) is 8.09. The van der Waals surface area contributed by atoms with Crippen LogP contribution in [-0.4, -0.2) is 47.8 Å². The van der Waals surface area contributed by atoms with Crippen molar-refractivity contribution in [1.82, 2.24) is 9.97 Å². The number of nitrogens with one attached hydrogen (secondary N) is 2. The van der Waals surface area contributed by atoms with Crippen LogP contribution in [0.4, 0.5) is 10.2 Å². The molecular formula is C24H24FN4O2+. The third-order valence-electron chi connectivity index (χ3n) is 6.17. The Morgan fingerprint density at radius 1 is 1.06 bits per heavy atom. The largest absolute Gasteiger partial charge is 0.507 e. The highest BCUT2D eigenvalue weighted by Gasteiger charge is 2.22. The lowest BCUT2D eigenvalue weighted by Gasteiger charge is -2.33. The molecule has 158 valence electrons. The van der Waals surface area contributed by atoms with Crippen LogP contribution in [0.25, 0.3) is 21.7 Å². The molecule has 2 aromatic carbocycles. The van der Waals surface area contributed by atoms with Crippen molar-refractivity contribution in [3.63, 3.8) is 0 Å². The molecule has 3 N–H and O–H groups in total. The molecule has 0 amide bonds. The van der Waals surface area contributed by atoms with Gasteiger partial charge in [0.1, 0.15) is 17.4 Å². The summed E-state index contributed by atoms with van der Waals surface area (Å²) in [5.41, 5.74) is 1.31. The number of quaternary nitrogens is 1. The zero-order valence-electron chi connectivity index (χ0n) is 17.1. The maximum Gasteiger partial charge on any atom is 0.248 e. The van der Waals surface area contributed by atoms with Crippen LogP contribution in [-0.2, 0) is 6.42 Å². The number of nitrogens with zero attached hydrogens (tertiary/aromatic N) is 2. The standard InChI is InChI=1S/C24H23FN4O2/c25-17-4-5-18-16(14-23(31)27-21(18)15-17)7-9-28-10-12-29(13-11-28)24-20-2-1-3-22(30)19(20)6-8-26-24/h1-6,8,14-15,30H,7,9-13H2,(H,27,31)/p+1. The predicted molar refractivity (Wildman–Crippen MR) is 119 cm³/mol. The number of anilines is 1. The molecule has 1 fully saturated rings. The van der Waals surface area contributed by atoms with Crippen molar-refractivity contribution in [3.8, 4) is 5.75 Å². The smallest absolute Gasteiger partial charge is 0.248 e. The van der Waals surface area contributed by atoms with Gasteiger partial charge in [-0.3, -0.25) is 4.79 Å². The maximum absolute atomic E-state index is 13.5. The van der Waals surface area contributed by atoms with Gasteiger partial charge < -0.3 is 19.9 Å². The number of fused-ring (bicyclic) bond motifs is 2. The number of phenolic OH excluding ortho intramolecular Hbond substituents is 1. The fourth-order valence-corrected chi connectivity index (χ4v) is 4.53. The zero-order valence-corrected chi connectivity index (χ0v) is 17.1. The normalized spacial score (nSPS) is 15.1. The van der Waals surface area contributed by atoms with Crippen LogP contribution in [0.2, 0.25) is 0 Å². The summed E-state index contributed by atoms with van der Waals surface area (Å²) in [5.74, 6) is 0.836. The van der Waals surface area contributed by atoms with Gasteiger partial charge in [-0.1, -0.05) is 12.1 Å². The number of aromatic nitrogens is 2. The van der Waals surface area contributed by atoms with Crippen LogP contribution >= 0.6 is 0 Å². The topological polar surface area (TPSA) is 73.7 Å². The minimum Gasteiger partial charge on any atom is -0.507 e. The van der Waals surface area contributed by atoms with Crippen molar-refractivity contribution in [1.29, 1.82) is 0 Å². The van der Waals surface area contributed by atoms with Gasteiger partial charge in [0.2, 0.25) is 5.56 Å². The number of pyridine rings is 2. The van der Waals surface area contributed by atoms with E-state index in [1.54, 1.807) is 24.4 Å². The summed E-state index contributed by atoms with van der Waals surface area (Å²) in [7, 11) is 0. The molecule has 1 saturated heterocycles. The van der Waals surface area contributed by atoms with E-state index in [2.05, 4.69) is 14.9 Å². The molecule has 31 heavy (non-hydrogen) atoms. The van der Waals surface area contributed by atoms with Gasteiger partial charge in [0.25, 0.3) is 0 Å². The number of piperazine rings is 1. The second-order valence-electron chi connectivity index (χ2n) is 8.09. The van der Waals surface area contributed by atoms with Crippen LogP contribution in [0.3, 0.4) is 0 Å². The summed E-state index contributed by atoms with van der Waals surface area (Å²) in [6.07, 6.45) is 2.51. The molecule has 1 aliphatic rings. The number of rotatable bonds is 4. The van der Waals surface area contributed by atoms with Crippen LogP contribution in [0.5, 0.6) is 5.75 Å². The molecule has 1 aliphatic heterocycles. The first-order chi connectivity index (χ1) is 15.1. The SMILES string of the molecule is O=c1cc(CC[NH+]2CCN(c3nccc4c(O)cccc34)CC2)c2ccc(F)cc2[nH]1. The Hall–Kier alpha value is -3.45. The average Bonchev–Trinajstić information content (AvgIpc) is 2.77. The second kappa shape index (κ2) is 8.00. The van der Waals surface area contributed by atoms with Crippen molar-refractivity contribution >= 4 is 27.5 Å². The number of aromatic hydroxyl groups is 1. The number of aromatic amines is 1. The molecule has 2 aromatic heterocycles. The van der Waals surface area contributed by atoms with Crippen molar-refractivity contribution in [3.05, 3.63) is 76.5 Å². The van der Waals surface area contributed by atoms with Crippen LogP contribution in [0.1, 0.15) is 5.56 Å². The Kier molecular flexibility index (Phi) is 5.03. The van der Waals surface area contributed by atoms with Crippen LogP contribution in [0.15, 0.2) is 59.5 Å². The first-order valence-corrected chi connectivity index (χ1v) is 10.6. The first kappa shape index (κ1) is 19.5. The average molecular weight is 419 g/mol. The number of H-pyrrole nitrogens is 1. The van der Waals surface area contributed by atoms with Gasteiger partial charge >= 0.3 is 0 Å². The van der Waals surface area contributed by atoms with E-state index in [1.165, 1.54) is 17.0 Å². The monoisotopic (exact) mass is 419 g/mol. The molecule has 0 radical (unpaired) electrons. The molecule has 3 heterocycles. The van der Waals surface area contributed by atoms with E-state index in [0.29, 0.717) is 5.52 Å². The number of hydrogen-bond donors (Lipinski definition) is 3. The third-order valence-corrected chi connectivity index (χ3v) is 6.17. The summed E-state index contributed by atoms with van der Waals surface area (Å²) in [6.45, 7) is 4.59. The molecule has 6 nitrogen and oxygen atoms in total. The summed E-state index contributed by atoms with van der Waals surface area (Å²) in [5, 5.41) is 12.8. The lowest BCUT2D eigenvalue weighted by molar-refractivity contribution is -0.900. The predicted octanol–water partition coefficient (Wildman–Crippen LogP) is 1.87. The van der Waals surface area contributed by atoms with E-state index in [-0.39, 0.29) is 17.1 Å². The Bertz CT molecular complexity index is 1310. The van der Waals surface area contributed by atoms with Gasteiger partial charge in [-0.25, -0.2) is 9.37 Å². The van der Waals surface area contributed by atoms with Crippen molar-refractivity contribution in [2.75, 3.05) is 37.6 Å². The number of hydrogen-bond acceptors (Lipinski definition) is 4. The van der Waals surface area contributed by atoms with E-state index in [0.717, 1.165) is 66.7 Å². The number of phenols is 1. The number of halogens is 1. The summed E-state index contributed by atoms with van der Waals surface area (Å²) < 4.78 is 13.5. The Morgan fingerprint density at radius 2 is 1.90 bits per heavy atom. The van der Waals surface area contributed by atoms with Gasteiger partial charge in [-0.2, -0.15) is 0 Å². The Morgan fingerprint density at radius 3 is 2.74 bits per heavy atom. The lowest BCUT2D eigenvalue weighted by atomic mass is 10.1. The van der Waals surface area contributed by atoms with Gasteiger partial charge in [-0.15, -0.1) is 0 Å². The van der Waals surface area contributed by atoms with Gasteiger partial charge in [-0.05, 0) is 35.9 Å². The first-order valence-electron chi connectivity index (χ1n) is 10.6. The van der Waals surface area contributed by atoms with E-state index in [4.69, 9.17) is 0 Å². The highest BCUT2D eigenvalue weighted by molar-refractivity contribution is 5.96. The molecule has 0 spiro atoms. The molecule has 4 aromatic rings. The van der Waals surface area contributed by atoms with Crippen molar-refractivity contribution in [2.45, 2.75) is 6.42 Å². The highest BCUT2D eigenvalue weighted by Crippen LogP contribution is 2.30. The van der Waals surface area contributed by atoms with Crippen LogP contribution in [0, 0.1) is 5.82 Å². The van der Waals surface area contributed by atoms with E-state index in [9.17, 15) is 14.3 Å². The van der Waals surface area contributed by atoms with E-state index < -0.39 is 0 Å².